The van der Waals surface area contributed by atoms with Crippen LogP contribution in [0.3, 0.4) is 0 Å². The van der Waals surface area contributed by atoms with Crippen LogP contribution in [-0.4, -0.2) is 0 Å². The maximum atomic E-state index is 13.0. The predicted molar refractivity (Wildman–Crippen MR) is 88.9 cm³/mol. The van der Waals surface area contributed by atoms with Crippen LogP contribution in [0.15, 0.2) is 60.7 Å². The standard InChI is InChI=1S/C20H16F2O2/c1-13-14(2)20(24-18-9-5-16(22)6-10-18)12-11-19(13)23-17-7-3-15(21)4-8-17/h3-12H,1-2H3. The summed E-state index contributed by atoms with van der Waals surface area (Å²) in [6, 6.07) is 15.3. The van der Waals surface area contributed by atoms with Crippen LogP contribution in [0.4, 0.5) is 8.78 Å². The van der Waals surface area contributed by atoms with Gasteiger partial charge in [0.15, 0.2) is 0 Å². The van der Waals surface area contributed by atoms with Crippen LogP contribution in [0.25, 0.3) is 0 Å². The van der Waals surface area contributed by atoms with Gasteiger partial charge in [0, 0.05) is 0 Å². The van der Waals surface area contributed by atoms with Crippen molar-refractivity contribution in [2.45, 2.75) is 13.8 Å². The molecule has 0 atom stereocenters. The molecule has 0 aliphatic rings. The highest BCUT2D eigenvalue weighted by molar-refractivity contribution is 5.50. The minimum atomic E-state index is -0.307. The van der Waals surface area contributed by atoms with E-state index in [1.807, 2.05) is 13.8 Å². The van der Waals surface area contributed by atoms with Crippen molar-refractivity contribution in [1.29, 1.82) is 0 Å². The molecule has 0 amide bonds. The van der Waals surface area contributed by atoms with E-state index >= 15 is 0 Å². The summed E-state index contributed by atoms with van der Waals surface area (Å²) < 4.78 is 37.5. The van der Waals surface area contributed by atoms with Crippen LogP contribution in [0.1, 0.15) is 11.1 Å². The lowest BCUT2D eigenvalue weighted by Crippen LogP contribution is -1.94. The SMILES string of the molecule is Cc1c(Oc2ccc(F)cc2)ccc(Oc2ccc(F)cc2)c1C. The number of halogens is 2. The third-order valence-corrected chi connectivity index (χ3v) is 3.77. The molecule has 0 spiro atoms. The predicted octanol–water partition coefficient (Wildman–Crippen LogP) is 6.17. The fourth-order valence-corrected chi connectivity index (χ4v) is 2.25. The Hall–Kier alpha value is -2.88. The molecule has 0 heterocycles. The Labute approximate surface area is 139 Å². The molecule has 0 fully saturated rings. The summed E-state index contributed by atoms with van der Waals surface area (Å²) in [4.78, 5) is 0. The molecule has 0 N–H and O–H groups in total. The van der Waals surface area contributed by atoms with Crippen molar-refractivity contribution in [3.63, 3.8) is 0 Å². The van der Waals surface area contributed by atoms with Gasteiger partial charge in [0.2, 0.25) is 0 Å². The van der Waals surface area contributed by atoms with Gasteiger partial charge in [-0.25, -0.2) is 8.78 Å². The molecule has 0 aliphatic heterocycles. The Morgan fingerprint density at radius 3 is 1.21 bits per heavy atom. The number of rotatable bonds is 4. The Balaban J connectivity index is 1.82. The van der Waals surface area contributed by atoms with Crippen LogP contribution in [-0.2, 0) is 0 Å². The number of hydrogen-bond acceptors (Lipinski definition) is 2. The van der Waals surface area contributed by atoms with Gasteiger partial charge in [-0.1, -0.05) is 0 Å². The maximum Gasteiger partial charge on any atom is 0.130 e. The summed E-state index contributed by atoms with van der Waals surface area (Å²) in [5.41, 5.74) is 1.83. The average molecular weight is 326 g/mol. The minimum Gasteiger partial charge on any atom is -0.457 e. The van der Waals surface area contributed by atoms with Crippen LogP contribution in [0.2, 0.25) is 0 Å². The van der Waals surface area contributed by atoms with Crippen LogP contribution >= 0.6 is 0 Å². The Kier molecular flexibility index (Phi) is 4.47. The van der Waals surface area contributed by atoms with Crippen molar-refractivity contribution >= 4 is 0 Å². The topological polar surface area (TPSA) is 18.5 Å². The Morgan fingerprint density at radius 1 is 0.542 bits per heavy atom. The lowest BCUT2D eigenvalue weighted by atomic mass is 10.1. The zero-order valence-electron chi connectivity index (χ0n) is 13.3. The normalized spacial score (nSPS) is 10.5. The third-order valence-electron chi connectivity index (χ3n) is 3.77. The Bertz CT molecular complexity index is 768. The molecule has 0 bridgehead atoms. The van der Waals surface area contributed by atoms with Gasteiger partial charge < -0.3 is 9.47 Å². The van der Waals surface area contributed by atoms with E-state index in [1.165, 1.54) is 24.3 Å². The summed E-state index contributed by atoms with van der Waals surface area (Å²) >= 11 is 0. The molecular formula is C20H16F2O2. The highest BCUT2D eigenvalue weighted by Gasteiger charge is 2.10. The maximum absolute atomic E-state index is 13.0. The molecule has 3 rings (SSSR count). The van der Waals surface area contributed by atoms with E-state index < -0.39 is 0 Å². The third kappa shape index (κ3) is 3.54. The summed E-state index contributed by atoms with van der Waals surface area (Å²) in [6.45, 7) is 3.84. The highest BCUT2D eigenvalue weighted by atomic mass is 19.1. The molecule has 122 valence electrons. The van der Waals surface area contributed by atoms with E-state index in [0.717, 1.165) is 11.1 Å². The van der Waals surface area contributed by atoms with Gasteiger partial charge in [0.05, 0.1) is 0 Å². The van der Waals surface area contributed by atoms with Crippen molar-refractivity contribution in [3.05, 3.63) is 83.4 Å². The molecule has 0 aromatic heterocycles. The van der Waals surface area contributed by atoms with Crippen molar-refractivity contribution in [3.8, 4) is 23.0 Å². The van der Waals surface area contributed by atoms with Gasteiger partial charge in [-0.3, -0.25) is 0 Å². The van der Waals surface area contributed by atoms with Gasteiger partial charge in [-0.15, -0.1) is 0 Å². The first-order valence-electron chi connectivity index (χ1n) is 7.50. The summed E-state index contributed by atoms with van der Waals surface area (Å²) in [7, 11) is 0. The van der Waals surface area contributed by atoms with Crippen LogP contribution < -0.4 is 9.47 Å². The molecule has 4 heteroatoms. The summed E-state index contributed by atoms with van der Waals surface area (Å²) in [5.74, 6) is 1.85. The number of benzene rings is 3. The lowest BCUT2D eigenvalue weighted by molar-refractivity contribution is 0.461. The van der Waals surface area contributed by atoms with E-state index in [1.54, 1.807) is 36.4 Å². The highest BCUT2D eigenvalue weighted by Crippen LogP contribution is 2.34. The van der Waals surface area contributed by atoms with Gasteiger partial charge in [0.1, 0.15) is 34.6 Å². The smallest absolute Gasteiger partial charge is 0.130 e. The lowest BCUT2D eigenvalue weighted by Gasteiger charge is -2.15. The Morgan fingerprint density at radius 2 is 0.875 bits per heavy atom. The van der Waals surface area contributed by atoms with Crippen molar-refractivity contribution in [2.24, 2.45) is 0 Å². The van der Waals surface area contributed by atoms with Gasteiger partial charge in [0.25, 0.3) is 0 Å². The molecule has 3 aromatic carbocycles. The largest absolute Gasteiger partial charge is 0.457 e. The molecule has 0 radical (unpaired) electrons. The first-order chi connectivity index (χ1) is 11.5. The second-order valence-electron chi connectivity index (χ2n) is 5.42. The van der Waals surface area contributed by atoms with Crippen LogP contribution in [0, 0.1) is 25.5 Å². The average Bonchev–Trinajstić information content (AvgIpc) is 2.58. The second kappa shape index (κ2) is 6.71. The monoisotopic (exact) mass is 326 g/mol. The molecule has 0 aliphatic carbocycles. The van der Waals surface area contributed by atoms with Gasteiger partial charge in [-0.2, -0.15) is 0 Å². The molecular weight excluding hydrogens is 310 g/mol. The first-order valence-corrected chi connectivity index (χ1v) is 7.50. The van der Waals surface area contributed by atoms with E-state index in [-0.39, 0.29) is 11.6 Å². The van der Waals surface area contributed by atoms with E-state index in [0.29, 0.717) is 23.0 Å². The fraction of sp³-hybridized carbons (Fsp3) is 0.100. The molecule has 0 saturated heterocycles. The zero-order valence-corrected chi connectivity index (χ0v) is 13.3. The first kappa shape index (κ1) is 16.0. The van der Waals surface area contributed by atoms with Crippen molar-refractivity contribution in [2.75, 3.05) is 0 Å². The summed E-state index contributed by atoms with van der Waals surface area (Å²) in [5, 5.41) is 0. The quantitative estimate of drug-likeness (QED) is 0.571. The minimum absolute atomic E-state index is 0.307. The van der Waals surface area contributed by atoms with E-state index in [9.17, 15) is 8.78 Å². The fourth-order valence-electron chi connectivity index (χ4n) is 2.25. The molecule has 24 heavy (non-hydrogen) atoms. The number of ether oxygens (including phenoxy) is 2. The molecule has 2 nitrogen and oxygen atoms in total. The van der Waals surface area contributed by atoms with Gasteiger partial charge in [-0.05, 0) is 85.6 Å². The van der Waals surface area contributed by atoms with E-state index in [2.05, 4.69) is 0 Å². The van der Waals surface area contributed by atoms with Crippen LogP contribution in [0.5, 0.6) is 23.0 Å². The molecule has 0 unspecified atom stereocenters. The van der Waals surface area contributed by atoms with Crippen molar-refractivity contribution in [1.82, 2.24) is 0 Å². The van der Waals surface area contributed by atoms with E-state index in [4.69, 9.17) is 9.47 Å². The molecule has 3 aromatic rings. The zero-order chi connectivity index (χ0) is 17.1. The second-order valence-corrected chi connectivity index (χ2v) is 5.42. The number of hydrogen-bond donors (Lipinski definition) is 0. The summed E-state index contributed by atoms with van der Waals surface area (Å²) in [6.07, 6.45) is 0. The molecule has 0 saturated carbocycles. The van der Waals surface area contributed by atoms with Crippen molar-refractivity contribution < 1.29 is 18.3 Å². The van der Waals surface area contributed by atoms with Gasteiger partial charge >= 0.3 is 0 Å².